The molecule has 6 rings (SSSR count). The Morgan fingerprint density at radius 1 is 0.364 bits per heavy atom. The van der Waals surface area contributed by atoms with Crippen LogP contribution in [0.5, 0.6) is 11.5 Å². The molecule has 2 nitrogen and oxygen atoms in total. The summed E-state index contributed by atoms with van der Waals surface area (Å²) in [6.45, 7) is 9.09. The van der Waals surface area contributed by atoms with Gasteiger partial charge in [0.15, 0.2) is 0 Å². The van der Waals surface area contributed by atoms with Gasteiger partial charge in [0.05, 0.1) is 0 Å². The predicted octanol–water partition coefficient (Wildman–Crippen LogP) is 15.7. The molecule has 0 spiro atoms. The second kappa shape index (κ2) is 20.9. The summed E-state index contributed by atoms with van der Waals surface area (Å²) in [5.74, 6) is 1.61. The molecule has 3 heteroatoms. The number of benzene rings is 6. The summed E-state index contributed by atoms with van der Waals surface area (Å²) >= 11 is 0. The zero-order valence-electron chi connectivity index (χ0n) is 33.5. The summed E-state index contributed by atoms with van der Waals surface area (Å²) in [4.78, 5) is 0. The van der Waals surface area contributed by atoms with Crippen LogP contribution in [0, 0.1) is 0 Å². The smallest absolute Gasteiger partial charge is 0.275 e. The van der Waals surface area contributed by atoms with E-state index in [9.17, 15) is 0 Å². The molecule has 0 aliphatic rings. The van der Waals surface area contributed by atoms with Crippen LogP contribution in [0.4, 0.5) is 0 Å². The minimum absolute atomic E-state index is 0.187. The molecule has 55 heavy (non-hydrogen) atoms. The lowest BCUT2D eigenvalue weighted by Gasteiger charge is -2.18. The van der Waals surface area contributed by atoms with E-state index in [-0.39, 0.29) is 9.03 Å². The molecule has 0 aliphatic heterocycles. The van der Waals surface area contributed by atoms with E-state index >= 15 is 0 Å². The first-order valence-electron chi connectivity index (χ1n) is 20.8. The Kier molecular flexibility index (Phi) is 15.2. The molecule has 0 amide bonds. The van der Waals surface area contributed by atoms with E-state index in [4.69, 9.17) is 9.05 Å². The predicted molar refractivity (Wildman–Crippen MR) is 239 cm³/mol. The van der Waals surface area contributed by atoms with Gasteiger partial charge in [0.1, 0.15) is 11.5 Å². The standard InChI is InChI=1S/C52H59O2P/c1-5-9-19-39-27-31-47(43(35-39)21-11-7-3)49-33-29-45(37-51(49)41-23-15-13-16-24-41)53-55-54-46-30-34-50(52(38-46)42-25-17-14-18-26-42)48-32-28-40(20-10-6-2)36-44(48)22-12-8-4/h13-18,23-38,55H,5-12,19-22H2,1-4H3. The third kappa shape index (κ3) is 10.8. The fourth-order valence-electron chi connectivity index (χ4n) is 7.51. The van der Waals surface area contributed by atoms with Crippen LogP contribution in [0.2, 0.25) is 0 Å². The lowest BCUT2D eigenvalue weighted by atomic mass is 9.88. The lowest BCUT2D eigenvalue weighted by Crippen LogP contribution is -1.97. The van der Waals surface area contributed by atoms with Crippen molar-refractivity contribution in [3.05, 3.63) is 156 Å². The monoisotopic (exact) mass is 746 g/mol. The van der Waals surface area contributed by atoms with Gasteiger partial charge in [-0.1, -0.05) is 163 Å². The molecule has 0 heterocycles. The van der Waals surface area contributed by atoms with Crippen molar-refractivity contribution >= 4 is 9.03 Å². The Bertz CT molecular complexity index is 1940. The summed E-state index contributed by atoms with van der Waals surface area (Å²) in [6, 6.07) is 48.8. The van der Waals surface area contributed by atoms with Crippen molar-refractivity contribution in [3.8, 4) is 56.0 Å². The first kappa shape index (κ1) is 40.0. The van der Waals surface area contributed by atoms with Crippen LogP contribution in [0.1, 0.15) is 101 Å². The van der Waals surface area contributed by atoms with Crippen molar-refractivity contribution in [2.24, 2.45) is 0 Å². The van der Waals surface area contributed by atoms with Crippen LogP contribution < -0.4 is 9.05 Å². The number of hydrogen-bond donors (Lipinski definition) is 0. The number of unbranched alkanes of at least 4 members (excludes halogenated alkanes) is 4. The van der Waals surface area contributed by atoms with Crippen molar-refractivity contribution in [1.29, 1.82) is 0 Å². The first-order valence-corrected chi connectivity index (χ1v) is 21.6. The van der Waals surface area contributed by atoms with Gasteiger partial charge in [-0.3, -0.25) is 0 Å². The second-order valence-corrected chi connectivity index (χ2v) is 15.4. The van der Waals surface area contributed by atoms with E-state index in [0.29, 0.717) is 0 Å². The number of aryl methyl sites for hydroxylation is 4. The Morgan fingerprint density at radius 3 is 1.15 bits per heavy atom. The Hall–Kier alpha value is -4.65. The van der Waals surface area contributed by atoms with Gasteiger partial charge in [-0.25, -0.2) is 0 Å². The van der Waals surface area contributed by atoms with Crippen LogP contribution >= 0.6 is 9.03 Å². The topological polar surface area (TPSA) is 18.5 Å². The highest BCUT2D eigenvalue weighted by molar-refractivity contribution is 7.27. The van der Waals surface area contributed by atoms with Gasteiger partial charge >= 0.3 is 0 Å². The normalized spacial score (nSPS) is 11.1. The van der Waals surface area contributed by atoms with Gasteiger partial charge in [0.25, 0.3) is 9.03 Å². The number of hydrogen-bond acceptors (Lipinski definition) is 2. The molecule has 6 aromatic rings. The van der Waals surface area contributed by atoms with Crippen LogP contribution in [0.15, 0.2) is 133 Å². The maximum atomic E-state index is 6.40. The molecule has 6 aromatic carbocycles. The van der Waals surface area contributed by atoms with E-state index in [1.165, 1.54) is 118 Å². The zero-order valence-corrected chi connectivity index (χ0v) is 34.5. The first-order chi connectivity index (χ1) is 27.1. The molecule has 0 aromatic heterocycles. The molecule has 0 aliphatic carbocycles. The summed E-state index contributed by atoms with van der Waals surface area (Å²) in [6.07, 6.45) is 14.0. The van der Waals surface area contributed by atoms with Crippen molar-refractivity contribution < 1.29 is 9.05 Å². The SMILES string of the molecule is CCCCc1ccc(-c2ccc(OPOc3ccc(-c4ccc(CCCC)cc4CCCC)c(-c4ccccc4)c3)cc2-c2ccccc2)c(CCCC)c1. The molecular weight excluding hydrogens is 688 g/mol. The van der Waals surface area contributed by atoms with E-state index in [1.54, 1.807) is 0 Å². The average Bonchev–Trinajstić information content (AvgIpc) is 3.24. The van der Waals surface area contributed by atoms with Gasteiger partial charge in [-0.2, -0.15) is 0 Å². The maximum absolute atomic E-state index is 6.40. The Balaban J connectivity index is 1.28. The van der Waals surface area contributed by atoms with Crippen LogP contribution in [-0.2, 0) is 25.7 Å². The van der Waals surface area contributed by atoms with E-state index in [0.717, 1.165) is 37.2 Å². The highest BCUT2D eigenvalue weighted by Crippen LogP contribution is 2.41. The molecule has 0 saturated heterocycles. The summed E-state index contributed by atoms with van der Waals surface area (Å²) in [5.41, 5.74) is 15.6. The van der Waals surface area contributed by atoms with Crippen LogP contribution in [0.3, 0.4) is 0 Å². The van der Waals surface area contributed by atoms with Gasteiger partial charge in [0.2, 0.25) is 0 Å². The van der Waals surface area contributed by atoms with Crippen molar-refractivity contribution in [2.75, 3.05) is 0 Å². The third-order valence-electron chi connectivity index (χ3n) is 10.6. The third-order valence-corrected chi connectivity index (χ3v) is 11.3. The Morgan fingerprint density at radius 2 is 0.745 bits per heavy atom. The fourth-order valence-corrected chi connectivity index (χ4v) is 8.00. The molecule has 0 unspecified atom stereocenters. The maximum Gasteiger partial charge on any atom is 0.275 e. The molecule has 0 N–H and O–H groups in total. The molecular formula is C52H59O2P. The van der Waals surface area contributed by atoms with E-state index < -0.39 is 0 Å². The molecule has 0 fully saturated rings. The largest absolute Gasteiger partial charge is 0.441 e. The van der Waals surface area contributed by atoms with Crippen molar-refractivity contribution in [3.63, 3.8) is 0 Å². The fraction of sp³-hybridized carbons (Fsp3) is 0.308. The van der Waals surface area contributed by atoms with Crippen molar-refractivity contribution in [2.45, 2.75) is 105 Å². The molecule has 0 bridgehead atoms. The second-order valence-electron chi connectivity index (χ2n) is 14.8. The van der Waals surface area contributed by atoms with Crippen molar-refractivity contribution in [1.82, 2.24) is 0 Å². The highest BCUT2D eigenvalue weighted by Gasteiger charge is 2.16. The van der Waals surface area contributed by atoms with Crippen LogP contribution in [-0.4, -0.2) is 0 Å². The summed E-state index contributed by atoms with van der Waals surface area (Å²) < 4.78 is 12.8. The van der Waals surface area contributed by atoms with Gasteiger partial charge in [-0.05, 0) is 142 Å². The molecule has 0 atom stereocenters. The minimum Gasteiger partial charge on any atom is -0.441 e. The molecule has 0 radical (unpaired) electrons. The molecule has 284 valence electrons. The van der Waals surface area contributed by atoms with Gasteiger partial charge in [0, 0.05) is 0 Å². The van der Waals surface area contributed by atoms with Crippen LogP contribution in [0.25, 0.3) is 44.5 Å². The molecule has 0 saturated carbocycles. The number of rotatable bonds is 20. The van der Waals surface area contributed by atoms with E-state index in [2.05, 4.69) is 161 Å². The minimum atomic E-state index is -0.187. The lowest BCUT2D eigenvalue weighted by molar-refractivity contribution is 0.516. The summed E-state index contributed by atoms with van der Waals surface area (Å²) in [7, 11) is -0.187. The zero-order chi connectivity index (χ0) is 38.2. The van der Waals surface area contributed by atoms with Gasteiger partial charge < -0.3 is 9.05 Å². The summed E-state index contributed by atoms with van der Waals surface area (Å²) in [5, 5.41) is 0. The quantitative estimate of drug-likeness (QED) is 0.0724. The van der Waals surface area contributed by atoms with Gasteiger partial charge in [-0.15, -0.1) is 0 Å². The Labute approximate surface area is 333 Å². The average molecular weight is 747 g/mol. The highest BCUT2D eigenvalue weighted by atomic mass is 31.1. The van der Waals surface area contributed by atoms with E-state index in [1.807, 2.05) is 0 Å².